The maximum absolute atomic E-state index is 12.5. The van der Waals surface area contributed by atoms with E-state index in [1.54, 1.807) is 6.33 Å². The largest absolute Gasteiger partial charge is 0.333 e. The van der Waals surface area contributed by atoms with Gasteiger partial charge in [0, 0.05) is 19.5 Å². The highest BCUT2D eigenvalue weighted by atomic mass is 35.5. The molecule has 1 aliphatic heterocycles. The Morgan fingerprint density at radius 3 is 2.92 bits per heavy atom. The monoisotopic (exact) mass is 354 g/mol. The molecule has 1 aliphatic rings. The minimum atomic E-state index is -0.0312. The lowest BCUT2D eigenvalue weighted by atomic mass is 10.0. The van der Waals surface area contributed by atoms with E-state index in [9.17, 15) is 4.79 Å². The van der Waals surface area contributed by atoms with Crippen molar-refractivity contribution < 1.29 is 4.79 Å². The first kappa shape index (κ1) is 16.1. The van der Waals surface area contributed by atoms with Crippen LogP contribution in [0.4, 0.5) is 0 Å². The summed E-state index contributed by atoms with van der Waals surface area (Å²) in [5.41, 5.74) is 1.12. The molecule has 1 aromatic heterocycles. The number of alkyl halides is 1. The molecule has 0 saturated carbocycles. The van der Waals surface area contributed by atoms with E-state index in [0.29, 0.717) is 6.54 Å². The molecular formula is C19H19ClN4O. The minimum Gasteiger partial charge on any atom is -0.333 e. The zero-order valence-corrected chi connectivity index (χ0v) is 14.6. The zero-order valence-electron chi connectivity index (χ0n) is 13.8. The number of carbonyl (C=O) groups excluding carboxylic acids is 1. The summed E-state index contributed by atoms with van der Waals surface area (Å²) in [6.07, 6.45) is 3.45. The molecule has 2 heterocycles. The number of rotatable bonds is 4. The summed E-state index contributed by atoms with van der Waals surface area (Å²) in [4.78, 5) is 14.4. The predicted molar refractivity (Wildman–Crippen MR) is 97.3 cm³/mol. The van der Waals surface area contributed by atoms with Gasteiger partial charge >= 0.3 is 0 Å². The molecule has 6 heteroatoms. The van der Waals surface area contributed by atoms with E-state index in [-0.39, 0.29) is 17.8 Å². The number of halogens is 1. The third-order valence-corrected chi connectivity index (χ3v) is 5.08. The number of amides is 1. The molecule has 1 amide bonds. The smallest absolute Gasteiger partial charge is 0.238 e. The van der Waals surface area contributed by atoms with Crippen LogP contribution in [0.25, 0.3) is 10.8 Å². The van der Waals surface area contributed by atoms with Crippen LogP contribution in [-0.2, 0) is 24.3 Å². The van der Waals surface area contributed by atoms with E-state index < -0.39 is 0 Å². The second-order valence-electron chi connectivity index (χ2n) is 6.43. The lowest BCUT2D eigenvalue weighted by Gasteiger charge is -2.34. The molecule has 3 aromatic rings. The van der Waals surface area contributed by atoms with Crippen molar-refractivity contribution in [2.45, 2.75) is 32.0 Å². The summed E-state index contributed by atoms with van der Waals surface area (Å²) in [7, 11) is 0. The number of aryl methyl sites for hydroxylation is 1. The van der Waals surface area contributed by atoms with Gasteiger partial charge < -0.3 is 9.47 Å². The first-order valence-electron chi connectivity index (χ1n) is 8.44. The van der Waals surface area contributed by atoms with Gasteiger partial charge in [0.15, 0.2) is 0 Å². The maximum Gasteiger partial charge on any atom is 0.238 e. The van der Waals surface area contributed by atoms with Gasteiger partial charge in [0.1, 0.15) is 18.0 Å². The molecule has 5 nitrogen and oxygen atoms in total. The quantitative estimate of drug-likeness (QED) is 0.677. The van der Waals surface area contributed by atoms with Crippen molar-refractivity contribution in [3.63, 3.8) is 0 Å². The highest BCUT2D eigenvalue weighted by molar-refractivity contribution is 6.27. The third kappa shape index (κ3) is 3.24. The highest BCUT2D eigenvalue weighted by Gasteiger charge is 2.28. The van der Waals surface area contributed by atoms with E-state index >= 15 is 0 Å². The Morgan fingerprint density at radius 2 is 2.08 bits per heavy atom. The average Bonchev–Trinajstić information content (AvgIpc) is 3.13. The zero-order chi connectivity index (χ0) is 17.2. The van der Waals surface area contributed by atoms with Crippen LogP contribution in [0, 0.1) is 0 Å². The molecule has 0 spiro atoms. The summed E-state index contributed by atoms with van der Waals surface area (Å²) in [6.45, 7) is 1.29. The molecular weight excluding hydrogens is 336 g/mol. The summed E-state index contributed by atoms with van der Waals surface area (Å²) in [5, 5.41) is 10.5. The molecule has 25 heavy (non-hydrogen) atoms. The Hall–Kier alpha value is -2.40. The molecule has 2 aromatic carbocycles. The fourth-order valence-corrected chi connectivity index (χ4v) is 3.68. The molecule has 0 aliphatic carbocycles. The van der Waals surface area contributed by atoms with Crippen molar-refractivity contribution in [1.29, 1.82) is 0 Å². The van der Waals surface area contributed by atoms with Gasteiger partial charge in [-0.15, -0.1) is 21.8 Å². The summed E-state index contributed by atoms with van der Waals surface area (Å²) >= 11 is 5.88. The van der Waals surface area contributed by atoms with Crippen LogP contribution in [0.5, 0.6) is 0 Å². The molecule has 128 valence electrons. The summed E-state index contributed by atoms with van der Waals surface area (Å²) in [6, 6.07) is 14.7. The van der Waals surface area contributed by atoms with Crippen molar-refractivity contribution >= 4 is 28.3 Å². The van der Waals surface area contributed by atoms with Crippen LogP contribution in [0.3, 0.4) is 0 Å². The van der Waals surface area contributed by atoms with Crippen LogP contribution in [0.2, 0.25) is 0 Å². The number of nitrogens with zero attached hydrogens (tertiary/aromatic N) is 4. The van der Waals surface area contributed by atoms with Gasteiger partial charge in [0.2, 0.25) is 5.91 Å². The Morgan fingerprint density at radius 1 is 1.24 bits per heavy atom. The third-order valence-electron chi connectivity index (χ3n) is 4.85. The molecule has 1 unspecified atom stereocenters. The lowest BCUT2D eigenvalue weighted by Crippen LogP contribution is -2.45. The Labute approximate surface area is 151 Å². The number of carbonyl (C=O) groups is 1. The molecule has 1 atom stereocenters. The Bertz CT molecular complexity index is 907. The first-order chi connectivity index (χ1) is 12.2. The highest BCUT2D eigenvalue weighted by Crippen LogP contribution is 2.22. The van der Waals surface area contributed by atoms with Crippen molar-refractivity contribution in [2.24, 2.45) is 0 Å². The van der Waals surface area contributed by atoms with Gasteiger partial charge in [-0.1, -0.05) is 36.4 Å². The van der Waals surface area contributed by atoms with Gasteiger partial charge in [-0.25, -0.2) is 0 Å². The van der Waals surface area contributed by atoms with Crippen LogP contribution in [0.1, 0.15) is 17.8 Å². The van der Waals surface area contributed by atoms with Crippen LogP contribution < -0.4 is 0 Å². The van der Waals surface area contributed by atoms with Crippen molar-refractivity contribution in [2.75, 3.05) is 5.88 Å². The number of hydrogen-bond donors (Lipinski definition) is 0. The molecule has 0 saturated heterocycles. The fourth-order valence-electron chi connectivity index (χ4n) is 3.52. The summed E-state index contributed by atoms with van der Waals surface area (Å²) < 4.78 is 2.03. The Kier molecular flexibility index (Phi) is 4.40. The second-order valence-corrected chi connectivity index (χ2v) is 6.70. The first-order valence-corrected chi connectivity index (χ1v) is 8.98. The lowest BCUT2D eigenvalue weighted by molar-refractivity contribution is -0.132. The maximum atomic E-state index is 12.5. The van der Waals surface area contributed by atoms with Crippen molar-refractivity contribution in [1.82, 2.24) is 19.7 Å². The number of hydrogen-bond acceptors (Lipinski definition) is 3. The van der Waals surface area contributed by atoms with E-state index in [1.807, 2.05) is 21.6 Å². The molecule has 0 bridgehead atoms. The average molecular weight is 355 g/mol. The van der Waals surface area contributed by atoms with E-state index in [2.05, 4.69) is 40.5 Å². The van der Waals surface area contributed by atoms with Crippen LogP contribution in [-0.4, -0.2) is 37.5 Å². The van der Waals surface area contributed by atoms with Gasteiger partial charge in [-0.2, -0.15) is 0 Å². The SMILES string of the molecule is O=C(CCl)N(Cc1ccc2ccccc2c1)C1CCc2nncn2C1. The second kappa shape index (κ2) is 6.84. The number of fused-ring (bicyclic) bond motifs is 2. The standard InChI is InChI=1S/C19H19ClN4O/c20-10-19(25)24(17-7-8-18-22-21-13-23(18)12-17)11-14-5-6-15-3-1-2-4-16(15)9-14/h1-6,9,13,17H,7-8,10-12H2. The summed E-state index contributed by atoms with van der Waals surface area (Å²) in [5.74, 6) is 0.954. The Balaban J connectivity index is 1.59. The molecule has 0 fully saturated rings. The van der Waals surface area contributed by atoms with Crippen LogP contribution in [0.15, 0.2) is 48.8 Å². The van der Waals surface area contributed by atoms with Crippen molar-refractivity contribution in [3.8, 4) is 0 Å². The van der Waals surface area contributed by atoms with Crippen LogP contribution >= 0.6 is 11.6 Å². The number of aromatic nitrogens is 3. The van der Waals surface area contributed by atoms with E-state index in [0.717, 1.165) is 30.8 Å². The topological polar surface area (TPSA) is 51.0 Å². The van der Waals surface area contributed by atoms with Gasteiger partial charge in [-0.05, 0) is 28.8 Å². The van der Waals surface area contributed by atoms with E-state index in [4.69, 9.17) is 11.6 Å². The number of benzene rings is 2. The minimum absolute atomic E-state index is 0.000876. The fraction of sp³-hybridized carbons (Fsp3) is 0.316. The molecule has 0 N–H and O–H groups in total. The molecule has 0 radical (unpaired) electrons. The van der Waals surface area contributed by atoms with E-state index in [1.165, 1.54) is 10.8 Å². The van der Waals surface area contributed by atoms with Gasteiger partial charge in [-0.3, -0.25) is 4.79 Å². The van der Waals surface area contributed by atoms with Crippen molar-refractivity contribution in [3.05, 3.63) is 60.2 Å². The predicted octanol–water partition coefficient (Wildman–Crippen LogP) is 3.01. The normalized spacial score (nSPS) is 16.6. The van der Waals surface area contributed by atoms with Gasteiger partial charge in [0.05, 0.1) is 6.04 Å². The molecule has 4 rings (SSSR count). The van der Waals surface area contributed by atoms with Gasteiger partial charge in [0.25, 0.3) is 0 Å².